The Morgan fingerprint density at radius 1 is 0.667 bits per heavy atom. The summed E-state index contributed by atoms with van der Waals surface area (Å²) in [6.45, 7) is 2.26. The summed E-state index contributed by atoms with van der Waals surface area (Å²) in [5.74, 6) is -3.49. The first-order valence-electron chi connectivity index (χ1n) is 11.6. The van der Waals surface area contributed by atoms with E-state index >= 15 is 0 Å². The van der Waals surface area contributed by atoms with Crippen molar-refractivity contribution < 1.29 is 123 Å². The summed E-state index contributed by atoms with van der Waals surface area (Å²) in [6, 6.07) is 0. The van der Waals surface area contributed by atoms with E-state index in [0.717, 1.165) is 25.7 Å². The van der Waals surface area contributed by atoms with Crippen molar-refractivity contribution >= 4 is 11.9 Å². The molecule has 164 valence electrons. The number of rotatable bonds is 21. The molecule has 0 radical (unpaired) electrons. The predicted octanol–water partition coefficient (Wildman–Crippen LogP) is -1.29. The summed E-state index contributed by atoms with van der Waals surface area (Å²) in [6.07, 6.45) is 24.2. The molecule has 0 aliphatic heterocycles. The van der Waals surface area contributed by atoms with Crippen LogP contribution in [0.25, 0.3) is 0 Å². The minimum Gasteiger partial charge on any atom is -0.550 e. The predicted molar refractivity (Wildman–Crippen MR) is 111 cm³/mol. The maximum Gasteiger partial charge on any atom is 1.00 e. The van der Waals surface area contributed by atoms with Gasteiger partial charge < -0.3 is 19.8 Å². The minimum atomic E-state index is -1.31. The number of aliphatic carboxylic acids is 2. The molecular formula is C24H42K2O4. The van der Waals surface area contributed by atoms with Crippen LogP contribution in [0.1, 0.15) is 122 Å². The third kappa shape index (κ3) is 28.0. The number of hydrogen-bond acceptors (Lipinski definition) is 4. The van der Waals surface area contributed by atoms with E-state index in [0.29, 0.717) is 6.42 Å². The fourth-order valence-corrected chi connectivity index (χ4v) is 3.50. The van der Waals surface area contributed by atoms with Crippen LogP contribution < -0.4 is 113 Å². The number of carboxylic acids is 2. The summed E-state index contributed by atoms with van der Waals surface area (Å²) < 4.78 is 0. The molecule has 0 saturated heterocycles. The average molecular weight is 473 g/mol. The number of carbonyl (C=O) groups is 2. The summed E-state index contributed by atoms with van der Waals surface area (Å²) in [4.78, 5) is 21.3. The van der Waals surface area contributed by atoms with Crippen LogP contribution in [0.4, 0.5) is 0 Å². The molecule has 4 nitrogen and oxygen atoms in total. The molecule has 1 atom stereocenters. The van der Waals surface area contributed by atoms with Gasteiger partial charge in [-0.25, -0.2) is 0 Å². The Morgan fingerprint density at radius 3 is 1.47 bits per heavy atom. The van der Waals surface area contributed by atoms with Crippen molar-refractivity contribution in [3.05, 3.63) is 12.2 Å². The normalized spacial score (nSPS) is 11.6. The third-order valence-corrected chi connectivity index (χ3v) is 5.31. The number of carboxylic acid groups (broad SMARTS) is 2. The van der Waals surface area contributed by atoms with Gasteiger partial charge in [0, 0.05) is 17.9 Å². The summed E-state index contributed by atoms with van der Waals surface area (Å²) in [5, 5.41) is 21.3. The van der Waals surface area contributed by atoms with Gasteiger partial charge in [0.25, 0.3) is 0 Å². The van der Waals surface area contributed by atoms with Crippen LogP contribution in [0, 0.1) is 5.92 Å². The SMILES string of the molecule is CCCCCCCCC/C=C/CCCCCCCCCC(CC(=O)[O-])C(=O)[O-].[K+].[K+]. The minimum absolute atomic E-state index is 0. The third-order valence-electron chi connectivity index (χ3n) is 5.31. The van der Waals surface area contributed by atoms with Crippen LogP contribution >= 0.6 is 0 Å². The van der Waals surface area contributed by atoms with Crippen LogP contribution in [0.2, 0.25) is 0 Å². The van der Waals surface area contributed by atoms with Crippen molar-refractivity contribution in [2.24, 2.45) is 5.92 Å². The number of allylic oxidation sites excluding steroid dienone is 2. The number of unbranched alkanes of at least 4 members (excludes halogenated alkanes) is 14. The van der Waals surface area contributed by atoms with Gasteiger partial charge in [0.2, 0.25) is 0 Å². The van der Waals surface area contributed by atoms with Crippen LogP contribution in [-0.4, -0.2) is 11.9 Å². The molecule has 0 saturated carbocycles. The van der Waals surface area contributed by atoms with E-state index in [9.17, 15) is 19.8 Å². The summed E-state index contributed by atoms with van der Waals surface area (Å²) in [5.41, 5.74) is 0. The van der Waals surface area contributed by atoms with Gasteiger partial charge >= 0.3 is 103 Å². The second-order valence-corrected chi connectivity index (χ2v) is 8.03. The molecule has 1 unspecified atom stereocenters. The second-order valence-electron chi connectivity index (χ2n) is 8.03. The number of carbonyl (C=O) groups excluding carboxylic acids is 2. The van der Waals surface area contributed by atoms with E-state index in [2.05, 4.69) is 19.1 Å². The molecule has 0 aliphatic carbocycles. The molecule has 0 aromatic heterocycles. The van der Waals surface area contributed by atoms with Gasteiger partial charge in [-0.05, 0) is 38.5 Å². The van der Waals surface area contributed by atoms with Gasteiger partial charge in [-0.1, -0.05) is 96.1 Å². The van der Waals surface area contributed by atoms with Crippen molar-refractivity contribution in [2.75, 3.05) is 0 Å². The van der Waals surface area contributed by atoms with Gasteiger partial charge in [0.1, 0.15) is 0 Å². The second kappa shape index (κ2) is 29.0. The Morgan fingerprint density at radius 2 is 1.07 bits per heavy atom. The average Bonchev–Trinajstić information content (AvgIpc) is 2.65. The zero-order valence-corrected chi connectivity index (χ0v) is 26.3. The fraction of sp³-hybridized carbons (Fsp3) is 0.833. The molecule has 0 amide bonds. The molecule has 0 heterocycles. The van der Waals surface area contributed by atoms with E-state index in [1.807, 2.05) is 0 Å². The Bertz CT molecular complexity index is 414. The van der Waals surface area contributed by atoms with Gasteiger partial charge in [0.05, 0.1) is 0 Å². The molecule has 0 aromatic carbocycles. The standard InChI is InChI=1S/C24H44O4.2K/c1-2-3-4-5-6-7-8-9-10-11-12-13-14-15-16-17-18-19-20-22(24(27)28)21-23(25)26;;/h10-11,22H,2-9,12-21H2,1H3,(H,25,26)(H,27,28);;/q;2*+1/p-2/b11-10+;;. The van der Waals surface area contributed by atoms with Crippen molar-refractivity contribution in [1.82, 2.24) is 0 Å². The maximum atomic E-state index is 10.8. The van der Waals surface area contributed by atoms with Gasteiger partial charge in [-0.2, -0.15) is 0 Å². The molecule has 30 heavy (non-hydrogen) atoms. The van der Waals surface area contributed by atoms with Crippen molar-refractivity contribution in [3.63, 3.8) is 0 Å². The van der Waals surface area contributed by atoms with Gasteiger partial charge in [-0.15, -0.1) is 0 Å². The zero-order valence-electron chi connectivity index (χ0n) is 20.1. The Kier molecular flexibility index (Phi) is 35.3. The monoisotopic (exact) mass is 472 g/mol. The van der Waals surface area contributed by atoms with Crippen molar-refractivity contribution in [2.45, 2.75) is 122 Å². The van der Waals surface area contributed by atoms with Crippen molar-refractivity contribution in [3.8, 4) is 0 Å². The Labute approximate surface area is 270 Å². The molecular weight excluding hydrogens is 430 g/mol. The topological polar surface area (TPSA) is 80.3 Å². The number of hydrogen-bond donors (Lipinski definition) is 0. The van der Waals surface area contributed by atoms with Gasteiger partial charge in [-0.3, -0.25) is 0 Å². The molecule has 0 spiro atoms. The quantitative estimate of drug-likeness (QED) is 0.118. The van der Waals surface area contributed by atoms with Gasteiger partial charge in [0.15, 0.2) is 0 Å². The van der Waals surface area contributed by atoms with Crippen LogP contribution in [0.3, 0.4) is 0 Å². The molecule has 0 aliphatic rings. The van der Waals surface area contributed by atoms with Crippen LogP contribution in [-0.2, 0) is 9.59 Å². The van der Waals surface area contributed by atoms with E-state index in [1.165, 1.54) is 77.0 Å². The zero-order chi connectivity index (χ0) is 20.9. The van der Waals surface area contributed by atoms with E-state index in [1.54, 1.807) is 0 Å². The largest absolute Gasteiger partial charge is 1.00 e. The van der Waals surface area contributed by atoms with Crippen molar-refractivity contribution in [1.29, 1.82) is 0 Å². The summed E-state index contributed by atoms with van der Waals surface area (Å²) >= 11 is 0. The summed E-state index contributed by atoms with van der Waals surface area (Å²) in [7, 11) is 0. The first kappa shape index (κ1) is 36.5. The van der Waals surface area contributed by atoms with Crippen LogP contribution in [0.15, 0.2) is 12.2 Å². The maximum absolute atomic E-state index is 10.8. The van der Waals surface area contributed by atoms with E-state index < -0.39 is 24.3 Å². The first-order chi connectivity index (χ1) is 13.6. The molecule has 0 N–H and O–H groups in total. The van der Waals surface area contributed by atoms with E-state index in [-0.39, 0.29) is 103 Å². The molecule has 0 rings (SSSR count). The molecule has 0 fully saturated rings. The van der Waals surface area contributed by atoms with E-state index in [4.69, 9.17) is 0 Å². The smallest absolute Gasteiger partial charge is 0.550 e. The fourth-order valence-electron chi connectivity index (χ4n) is 3.50. The van der Waals surface area contributed by atoms with Crippen LogP contribution in [0.5, 0.6) is 0 Å². The first-order valence-corrected chi connectivity index (χ1v) is 11.6. The molecule has 0 aromatic rings. The Balaban J connectivity index is -0.00000364. The molecule has 0 bridgehead atoms. The Hall–Kier alpha value is 1.95. The molecule has 6 heteroatoms.